The van der Waals surface area contributed by atoms with Crippen LogP contribution in [0.4, 0.5) is 20.7 Å². The number of amides is 1. The third kappa shape index (κ3) is 5.14. The maximum Gasteiger partial charge on any atom is 0.412 e. The number of hydrogen-bond acceptors (Lipinski definition) is 5. The summed E-state index contributed by atoms with van der Waals surface area (Å²) in [7, 11) is 0. The lowest BCUT2D eigenvalue weighted by atomic mass is 10.2. The molecule has 0 saturated carbocycles. The molecule has 1 heterocycles. The van der Waals surface area contributed by atoms with Crippen LogP contribution < -0.4 is 15.8 Å². The summed E-state index contributed by atoms with van der Waals surface area (Å²) in [6, 6.07) is 7.09. The van der Waals surface area contributed by atoms with Crippen LogP contribution in [0.1, 0.15) is 20.8 Å². The van der Waals surface area contributed by atoms with E-state index in [1.54, 1.807) is 26.8 Å². The Bertz CT molecular complexity index is 714. The van der Waals surface area contributed by atoms with Crippen LogP contribution in [0, 0.1) is 5.82 Å². The number of anilines is 2. The molecule has 6 nitrogen and oxygen atoms in total. The van der Waals surface area contributed by atoms with Gasteiger partial charge in [-0.3, -0.25) is 5.32 Å². The summed E-state index contributed by atoms with van der Waals surface area (Å²) in [6.45, 7) is 5.22. The number of rotatable bonds is 3. The maximum absolute atomic E-state index is 14.1. The van der Waals surface area contributed by atoms with E-state index in [-0.39, 0.29) is 17.3 Å². The second-order valence-electron chi connectivity index (χ2n) is 5.79. The van der Waals surface area contributed by atoms with Gasteiger partial charge in [-0.05, 0) is 39.0 Å². The van der Waals surface area contributed by atoms with Crippen molar-refractivity contribution in [3.8, 4) is 11.5 Å². The number of pyridine rings is 1. The van der Waals surface area contributed by atoms with Crippen LogP contribution >= 0.6 is 0 Å². The van der Waals surface area contributed by atoms with E-state index < -0.39 is 17.5 Å². The molecule has 0 aliphatic carbocycles. The largest absolute Gasteiger partial charge is 0.454 e. The Hall–Kier alpha value is -2.83. The van der Waals surface area contributed by atoms with Gasteiger partial charge in [0.1, 0.15) is 17.2 Å². The molecule has 0 saturated heterocycles. The third-order valence-corrected chi connectivity index (χ3v) is 2.56. The van der Waals surface area contributed by atoms with Gasteiger partial charge in [0.15, 0.2) is 11.6 Å². The zero-order valence-corrected chi connectivity index (χ0v) is 13.1. The Morgan fingerprint density at radius 3 is 2.61 bits per heavy atom. The molecule has 0 fully saturated rings. The van der Waals surface area contributed by atoms with Gasteiger partial charge in [0.05, 0.1) is 0 Å². The highest BCUT2D eigenvalue weighted by Crippen LogP contribution is 2.27. The van der Waals surface area contributed by atoms with Crippen LogP contribution in [0.5, 0.6) is 11.5 Å². The molecule has 2 rings (SSSR count). The van der Waals surface area contributed by atoms with Crippen LogP contribution in [0.2, 0.25) is 0 Å². The molecule has 1 aromatic carbocycles. The summed E-state index contributed by atoms with van der Waals surface area (Å²) in [5.74, 6) is 0.00894. The number of ether oxygens (including phenoxy) is 2. The predicted molar refractivity (Wildman–Crippen MR) is 85.0 cm³/mol. The Morgan fingerprint density at radius 2 is 2.00 bits per heavy atom. The number of aromatic nitrogens is 1. The van der Waals surface area contributed by atoms with E-state index in [0.29, 0.717) is 5.75 Å². The zero-order valence-electron chi connectivity index (χ0n) is 13.1. The highest BCUT2D eigenvalue weighted by Gasteiger charge is 2.16. The molecule has 0 spiro atoms. The second-order valence-corrected chi connectivity index (χ2v) is 5.79. The summed E-state index contributed by atoms with van der Waals surface area (Å²) in [4.78, 5) is 15.5. The molecular formula is C16H18FN3O3. The molecule has 7 heteroatoms. The van der Waals surface area contributed by atoms with Crippen molar-refractivity contribution in [1.82, 2.24) is 4.98 Å². The molecule has 0 atom stereocenters. The minimum atomic E-state index is -0.660. The van der Waals surface area contributed by atoms with Gasteiger partial charge in [0, 0.05) is 24.0 Å². The van der Waals surface area contributed by atoms with Crippen molar-refractivity contribution in [3.63, 3.8) is 0 Å². The summed E-state index contributed by atoms with van der Waals surface area (Å²) in [6.07, 6.45) is 0.800. The number of nitrogens with one attached hydrogen (secondary N) is 1. The molecule has 0 aliphatic rings. The summed E-state index contributed by atoms with van der Waals surface area (Å²) >= 11 is 0. The van der Waals surface area contributed by atoms with E-state index in [1.807, 2.05) is 0 Å². The van der Waals surface area contributed by atoms with Crippen molar-refractivity contribution < 1.29 is 18.7 Å². The molecule has 3 N–H and O–H groups in total. The fraction of sp³-hybridized carbons (Fsp3) is 0.250. The van der Waals surface area contributed by atoms with Crippen LogP contribution in [0.15, 0.2) is 36.5 Å². The fourth-order valence-electron chi connectivity index (χ4n) is 1.70. The van der Waals surface area contributed by atoms with Gasteiger partial charge >= 0.3 is 6.09 Å². The van der Waals surface area contributed by atoms with Gasteiger partial charge in [-0.2, -0.15) is 0 Å². The maximum atomic E-state index is 14.1. The molecule has 0 aliphatic heterocycles. The molecule has 0 bridgehead atoms. The van der Waals surface area contributed by atoms with E-state index in [4.69, 9.17) is 15.2 Å². The topological polar surface area (TPSA) is 86.5 Å². The quantitative estimate of drug-likeness (QED) is 0.894. The number of hydrogen-bond donors (Lipinski definition) is 2. The molecule has 1 amide bonds. The number of carbonyl (C=O) groups is 1. The van der Waals surface area contributed by atoms with Gasteiger partial charge in [0.2, 0.25) is 0 Å². The first-order valence-electron chi connectivity index (χ1n) is 6.92. The molecule has 1 aromatic heterocycles. The summed E-state index contributed by atoms with van der Waals surface area (Å²) in [5.41, 5.74) is 5.16. The first kappa shape index (κ1) is 16.5. The average Bonchev–Trinajstić information content (AvgIpc) is 2.40. The van der Waals surface area contributed by atoms with Crippen LogP contribution in [0.3, 0.4) is 0 Å². The zero-order chi connectivity index (χ0) is 17.0. The van der Waals surface area contributed by atoms with Crippen molar-refractivity contribution in [2.24, 2.45) is 0 Å². The van der Waals surface area contributed by atoms with Crippen molar-refractivity contribution in [2.45, 2.75) is 26.4 Å². The Labute approximate surface area is 133 Å². The Kier molecular flexibility index (Phi) is 4.68. The van der Waals surface area contributed by atoms with E-state index in [1.165, 1.54) is 24.4 Å². The standard InChI is InChI=1S/C16H18FN3O3/c1-16(2,3)23-15(21)20-10-4-5-13(12(17)8-10)22-11-6-7-19-14(18)9-11/h4-9H,1-3H3,(H2,18,19)(H,20,21). The number of nitrogen functional groups attached to an aromatic ring is 1. The van der Waals surface area contributed by atoms with Gasteiger partial charge in [-0.1, -0.05) is 0 Å². The number of benzene rings is 1. The monoisotopic (exact) mass is 319 g/mol. The molecule has 0 radical (unpaired) electrons. The summed E-state index contributed by atoms with van der Waals surface area (Å²) in [5, 5.41) is 2.45. The van der Waals surface area contributed by atoms with Crippen molar-refractivity contribution in [1.29, 1.82) is 0 Å². The minimum absolute atomic E-state index is 0.00494. The molecule has 2 aromatic rings. The number of carbonyl (C=O) groups excluding carboxylic acids is 1. The van der Waals surface area contributed by atoms with Crippen molar-refractivity contribution in [3.05, 3.63) is 42.3 Å². The van der Waals surface area contributed by atoms with Gasteiger partial charge in [-0.25, -0.2) is 14.2 Å². The second kappa shape index (κ2) is 6.51. The minimum Gasteiger partial charge on any atom is -0.454 e. The number of nitrogens with zero attached hydrogens (tertiary/aromatic N) is 1. The molecular weight excluding hydrogens is 301 g/mol. The van der Waals surface area contributed by atoms with Gasteiger partial charge in [0.25, 0.3) is 0 Å². The number of nitrogens with two attached hydrogens (primary N) is 1. The lowest BCUT2D eigenvalue weighted by molar-refractivity contribution is 0.0636. The first-order chi connectivity index (χ1) is 10.7. The van der Waals surface area contributed by atoms with E-state index in [2.05, 4.69) is 10.3 Å². The van der Waals surface area contributed by atoms with E-state index >= 15 is 0 Å². The highest BCUT2D eigenvalue weighted by atomic mass is 19.1. The average molecular weight is 319 g/mol. The predicted octanol–water partition coefficient (Wildman–Crippen LogP) is 3.94. The van der Waals surface area contributed by atoms with E-state index in [0.717, 1.165) is 6.07 Å². The van der Waals surface area contributed by atoms with Crippen LogP contribution in [0.25, 0.3) is 0 Å². The van der Waals surface area contributed by atoms with Crippen molar-refractivity contribution in [2.75, 3.05) is 11.1 Å². The van der Waals surface area contributed by atoms with Crippen LogP contribution in [-0.4, -0.2) is 16.7 Å². The summed E-state index contributed by atoms with van der Waals surface area (Å²) < 4.78 is 24.5. The van der Waals surface area contributed by atoms with Gasteiger partial charge < -0.3 is 15.2 Å². The smallest absolute Gasteiger partial charge is 0.412 e. The molecule has 23 heavy (non-hydrogen) atoms. The number of halogens is 1. The fourth-order valence-corrected chi connectivity index (χ4v) is 1.70. The lowest BCUT2D eigenvalue weighted by Crippen LogP contribution is -2.27. The van der Waals surface area contributed by atoms with Crippen molar-refractivity contribution >= 4 is 17.6 Å². The van der Waals surface area contributed by atoms with Gasteiger partial charge in [-0.15, -0.1) is 0 Å². The third-order valence-electron chi connectivity index (χ3n) is 2.56. The van der Waals surface area contributed by atoms with Crippen LogP contribution in [-0.2, 0) is 4.74 Å². The molecule has 0 unspecified atom stereocenters. The Balaban J connectivity index is 2.07. The SMILES string of the molecule is CC(C)(C)OC(=O)Nc1ccc(Oc2ccnc(N)c2)c(F)c1. The lowest BCUT2D eigenvalue weighted by Gasteiger charge is -2.19. The molecule has 122 valence electrons. The normalized spacial score (nSPS) is 11.0. The van der Waals surface area contributed by atoms with E-state index in [9.17, 15) is 9.18 Å². The highest BCUT2D eigenvalue weighted by molar-refractivity contribution is 5.84. The Morgan fingerprint density at radius 1 is 1.26 bits per heavy atom. The first-order valence-corrected chi connectivity index (χ1v) is 6.92.